The molecule has 0 heterocycles. The average Bonchev–Trinajstić information content (AvgIpc) is 2.51. The van der Waals surface area contributed by atoms with Crippen molar-refractivity contribution in [2.45, 2.75) is 73.3 Å². The van der Waals surface area contributed by atoms with Crippen LogP contribution < -0.4 is 0 Å². The van der Waals surface area contributed by atoms with Crippen LogP contribution in [0.15, 0.2) is 22.8 Å². The highest BCUT2D eigenvalue weighted by molar-refractivity contribution is 6.50. The van der Waals surface area contributed by atoms with Gasteiger partial charge in [-0.15, -0.1) is 0 Å². The van der Waals surface area contributed by atoms with Gasteiger partial charge >= 0.3 is 0 Å². The fourth-order valence-electron chi connectivity index (χ4n) is 5.65. The standard InChI is InChI=1S/C22H32O3/c1-7-25-16-12-17-21(4,5)9-8-10-22(17,6)18-15(16)11-14(13(2)3)19(23)20(18)24/h11,13,16-17H,7-10,12H2,1-6H3/t16-,17+,22+/m1/s1. The van der Waals surface area contributed by atoms with E-state index in [2.05, 4.69) is 20.8 Å². The number of rotatable bonds is 3. The van der Waals surface area contributed by atoms with E-state index in [0.717, 1.165) is 30.4 Å². The quantitative estimate of drug-likeness (QED) is 0.552. The van der Waals surface area contributed by atoms with Gasteiger partial charge in [-0.05, 0) is 55.1 Å². The second kappa shape index (κ2) is 6.19. The molecule has 0 aromatic rings. The first-order valence-corrected chi connectivity index (χ1v) is 9.80. The lowest BCUT2D eigenvalue weighted by Gasteiger charge is -2.56. The molecule has 0 aromatic carbocycles. The monoisotopic (exact) mass is 344 g/mol. The second-order valence-corrected chi connectivity index (χ2v) is 9.23. The second-order valence-electron chi connectivity index (χ2n) is 9.23. The Balaban J connectivity index is 2.21. The molecule has 0 saturated heterocycles. The molecule has 25 heavy (non-hydrogen) atoms. The summed E-state index contributed by atoms with van der Waals surface area (Å²) in [5, 5.41) is 0. The van der Waals surface area contributed by atoms with Crippen LogP contribution >= 0.6 is 0 Å². The largest absolute Gasteiger partial charge is 0.374 e. The van der Waals surface area contributed by atoms with Gasteiger partial charge in [0.25, 0.3) is 0 Å². The topological polar surface area (TPSA) is 43.4 Å². The molecule has 0 amide bonds. The maximum absolute atomic E-state index is 13.2. The maximum Gasteiger partial charge on any atom is 0.230 e. The molecular weight excluding hydrogens is 312 g/mol. The summed E-state index contributed by atoms with van der Waals surface area (Å²) in [6, 6.07) is 0. The lowest BCUT2D eigenvalue weighted by molar-refractivity contribution is -0.135. The summed E-state index contributed by atoms with van der Waals surface area (Å²) in [6.45, 7) is 13.4. The lowest BCUT2D eigenvalue weighted by Crippen LogP contribution is -2.52. The van der Waals surface area contributed by atoms with Crippen molar-refractivity contribution in [2.75, 3.05) is 6.61 Å². The fourth-order valence-corrected chi connectivity index (χ4v) is 5.65. The predicted molar refractivity (Wildman–Crippen MR) is 99.2 cm³/mol. The number of hydrogen-bond acceptors (Lipinski definition) is 3. The Morgan fingerprint density at radius 2 is 1.84 bits per heavy atom. The van der Waals surface area contributed by atoms with Crippen LogP contribution in [0.5, 0.6) is 0 Å². The van der Waals surface area contributed by atoms with Gasteiger partial charge in [0.2, 0.25) is 11.6 Å². The summed E-state index contributed by atoms with van der Waals surface area (Å²) in [6.07, 6.45) is 6.14. The van der Waals surface area contributed by atoms with Crippen molar-refractivity contribution in [3.05, 3.63) is 22.8 Å². The Kier molecular flexibility index (Phi) is 4.60. The molecule has 3 heteroatoms. The van der Waals surface area contributed by atoms with Gasteiger partial charge in [-0.2, -0.15) is 0 Å². The molecule has 1 saturated carbocycles. The molecule has 0 aliphatic heterocycles. The zero-order valence-electron chi connectivity index (χ0n) is 16.6. The average molecular weight is 344 g/mol. The number of carbonyl (C=O) groups excluding carboxylic acids is 2. The van der Waals surface area contributed by atoms with Crippen LogP contribution in [0.25, 0.3) is 0 Å². The molecule has 3 rings (SSSR count). The van der Waals surface area contributed by atoms with Gasteiger partial charge in [0, 0.05) is 23.2 Å². The van der Waals surface area contributed by atoms with E-state index in [1.807, 2.05) is 26.8 Å². The third-order valence-electron chi connectivity index (χ3n) is 6.88. The van der Waals surface area contributed by atoms with Gasteiger partial charge in [-0.3, -0.25) is 9.59 Å². The number of ketones is 2. The molecule has 3 atom stereocenters. The van der Waals surface area contributed by atoms with Crippen LogP contribution in [0, 0.1) is 22.7 Å². The molecule has 0 N–H and O–H groups in total. The molecule has 0 spiro atoms. The van der Waals surface area contributed by atoms with Gasteiger partial charge in [-0.1, -0.05) is 41.0 Å². The van der Waals surface area contributed by atoms with Crippen molar-refractivity contribution in [2.24, 2.45) is 22.7 Å². The van der Waals surface area contributed by atoms with Crippen LogP contribution in [0.1, 0.15) is 67.2 Å². The van der Waals surface area contributed by atoms with E-state index in [1.165, 1.54) is 6.42 Å². The number of Topliss-reactive ketones (excluding diaryl/α,β-unsaturated/α-hetero) is 2. The van der Waals surface area contributed by atoms with Gasteiger partial charge in [0.1, 0.15) is 0 Å². The Morgan fingerprint density at radius 3 is 2.44 bits per heavy atom. The Bertz CT molecular complexity index is 665. The zero-order valence-corrected chi connectivity index (χ0v) is 16.6. The number of allylic oxidation sites excluding steroid dienone is 2. The van der Waals surface area contributed by atoms with Crippen molar-refractivity contribution >= 4 is 11.6 Å². The van der Waals surface area contributed by atoms with Gasteiger partial charge in [0.05, 0.1) is 6.10 Å². The zero-order chi connectivity index (χ0) is 18.6. The smallest absolute Gasteiger partial charge is 0.230 e. The number of hydrogen-bond donors (Lipinski definition) is 0. The van der Waals surface area contributed by atoms with E-state index in [1.54, 1.807) is 0 Å². The van der Waals surface area contributed by atoms with E-state index in [0.29, 0.717) is 18.1 Å². The summed E-state index contributed by atoms with van der Waals surface area (Å²) >= 11 is 0. The molecule has 0 radical (unpaired) electrons. The molecule has 3 aliphatic rings. The summed E-state index contributed by atoms with van der Waals surface area (Å²) in [7, 11) is 0. The molecule has 0 bridgehead atoms. The van der Waals surface area contributed by atoms with Crippen LogP contribution in [0.4, 0.5) is 0 Å². The summed E-state index contributed by atoms with van der Waals surface area (Å²) in [4.78, 5) is 26.0. The molecule has 0 aromatic heterocycles. The molecule has 3 aliphatic carbocycles. The highest BCUT2D eigenvalue weighted by Crippen LogP contribution is 2.60. The van der Waals surface area contributed by atoms with E-state index >= 15 is 0 Å². The van der Waals surface area contributed by atoms with Crippen LogP contribution in [0.3, 0.4) is 0 Å². The van der Waals surface area contributed by atoms with Crippen molar-refractivity contribution in [1.82, 2.24) is 0 Å². The Morgan fingerprint density at radius 1 is 1.16 bits per heavy atom. The predicted octanol–water partition coefficient (Wildman–Crippen LogP) is 4.66. The minimum absolute atomic E-state index is 0.0566. The third-order valence-corrected chi connectivity index (χ3v) is 6.88. The van der Waals surface area contributed by atoms with Crippen LogP contribution in [-0.4, -0.2) is 24.3 Å². The first kappa shape index (κ1) is 18.6. The van der Waals surface area contributed by atoms with Crippen molar-refractivity contribution in [1.29, 1.82) is 0 Å². The maximum atomic E-state index is 13.2. The number of ether oxygens (including phenoxy) is 1. The van der Waals surface area contributed by atoms with E-state index in [9.17, 15) is 9.59 Å². The summed E-state index contributed by atoms with van der Waals surface area (Å²) < 4.78 is 6.09. The van der Waals surface area contributed by atoms with Gasteiger partial charge < -0.3 is 4.74 Å². The summed E-state index contributed by atoms with van der Waals surface area (Å²) in [5.41, 5.74) is 2.35. The molecular formula is C22H32O3. The van der Waals surface area contributed by atoms with Crippen molar-refractivity contribution < 1.29 is 14.3 Å². The highest BCUT2D eigenvalue weighted by Gasteiger charge is 2.56. The van der Waals surface area contributed by atoms with Crippen LogP contribution in [-0.2, 0) is 14.3 Å². The minimum Gasteiger partial charge on any atom is -0.374 e. The summed E-state index contributed by atoms with van der Waals surface area (Å²) in [5.74, 6) is -0.138. The first-order valence-electron chi connectivity index (χ1n) is 9.80. The third kappa shape index (κ3) is 2.75. The van der Waals surface area contributed by atoms with E-state index in [4.69, 9.17) is 4.74 Å². The lowest BCUT2D eigenvalue weighted by atomic mass is 9.48. The Hall–Kier alpha value is -1.22. The van der Waals surface area contributed by atoms with Crippen LogP contribution in [0.2, 0.25) is 0 Å². The Labute approximate surface area is 151 Å². The van der Waals surface area contributed by atoms with Crippen molar-refractivity contribution in [3.8, 4) is 0 Å². The van der Waals surface area contributed by atoms with E-state index in [-0.39, 0.29) is 34.4 Å². The number of fused-ring (bicyclic) bond motifs is 2. The first-order chi connectivity index (χ1) is 11.6. The molecule has 138 valence electrons. The van der Waals surface area contributed by atoms with Gasteiger partial charge in [0.15, 0.2) is 0 Å². The molecule has 0 unspecified atom stereocenters. The van der Waals surface area contributed by atoms with E-state index < -0.39 is 0 Å². The fraction of sp³-hybridized carbons (Fsp3) is 0.727. The minimum atomic E-state index is -0.297. The normalized spacial score (nSPS) is 34.8. The highest BCUT2D eigenvalue weighted by atomic mass is 16.5. The number of carbonyl (C=O) groups is 2. The SMILES string of the molecule is CCO[C@@H]1C[C@H]2C(C)(C)CCC[C@]2(C)C2=C1C=C(C(C)C)C(=O)C2=O. The molecule has 1 fully saturated rings. The van der Waals surface area contributed by atoms with Gasteiger partial charge in [-0.25, -0.2) is 0 Å². The molecule has 3 nitrogen and oxygen atoms in total. The van der Waals surface area contributed by atoms with Crippen molar-refractivity contribution in [3.63, 3.8) is 0 Å².